The largest absolute Gasteiger partial charge is 0.474 e. The van der Waals surface area contributed by atoms with E-state index in [1.54, 1.807) is 29.1 Å². The Bertz CT molecular complexity index is 843. The van der Waals surface area contributed by atoms with Crippen molar-refractivity contribution in [2.75, 3.05) is 26.2 Å². The quantitative estimate of drug-likeness (QED) is 0.562. The van der Waals surface area contributed by atoms with Gasteiger partial charge in [-0.05, 0) is 44.1 Å². The maximum atomic E-state index is 10.1. The van der Waals surface area contributed by atoms with E-state index in [-0.39, 0.29) is 6.61 Å². The fourth-order valence-corrected chi connectivity index (χ4v) is 3.12. The number of rotatable bonds is 6. The number of aliphatic hydroxyl groups excluding tert-OH is 1. The minimum atomic E-state index is -1.82. The second kappa shape index (κ2) is 11.8. The summed E-state index contributed by atoms with van der Waals surface area (Å²) in [6.45, 7) is 2.99. The van der Waals surface area contributed by atoms with Crippen molar-refractivity contribution in [3.05, 3.63) is 40.5 Å². The summed E-state index contributed by atoms with van der Waals surface area (Å²) in [4.78, 5) is 20.5. The molecule has 0 spiro atoms. The molecule has 164 valence electrons. The van der Waals surface area contributed by atoms with Gasteiger partial charge in [0.1, 0.15) is 12.7 Å². The van der Waals surface area contributed by atoms with Crippen LogP contribution in [0.2, 0.25) is 10.0 Å². The number of carboxylic acid groups (broad SMARTS) is 2. The third-order valence-corrected chi connectivity index (χ3v) is 5.00. The molecule has 1 saturated heterocycles. The van der Waals surface area contributed by atoms with Gasteiger partial charge < -0.3 is 25.0 Å². The highest BCUT2D eigenvalue weighted by Gasteiger charge is 2.15. The van der Waals surface area contributed by atoms with E-state index in [1.165, 1.54) is 19.3 Å². The molecule has 0 bridgehead atoms. The third kappa shape index (κ3) is 7.83. The van der Waals surface area contributed by atoms with E-state index in [9.17, 15) is 5.11 Å². The van der Waals surface area contributed by atoms with Crippen molar-refractivity contribution in [1.29, 1.82) is 0 Å². The van der Waals surface area contributed by atoms with Gasteiger partial charge in [0, 0.05) is 18.8 Å². The van der Waals surface area contributed by atoms with E-state index in [0.717, 1.165) is 18.8 Å². The summed E-state index contributed by atoms with van der Waals surface area (Å²) >= 11 is 11.9. The van der Waals surface area contributed by atoms with Crippen LogP contribution in [0.15, 0.2) is 30.5 Å². The van der Waals surface area contributed by atoms with Crippen LogP contribution in [0.3, 0.4) is 0 Å². The van der Waals surface area contributed by atoms with Gasteiger partial charge in [-0.2, -0.15) is 0 Å². The van der Waals surface area contributed by atoms with E-state index < -0.39 is 18.0 Å². The molecule has 3 N–H and O–H groups in total. The van der Waals surface area contributed by atoms with Gasteiger partial charge in [-0.3, -0.25) is 0 Å². The topological polar surface area (TPSA) is 125 Å². The van der Waals surface area contributed by atoms with Gasteiger partial charge in [-0.15, -0.1) is 5.10 Å². The number of ether oxygens (including phenoxy) is 1. The van der Waals surface area contributed by atoms with Gasteiger partial charge in [0.2, 0.25) is 5.88 Å². The van der Waals surface area contributed by atoms with Crippen molar-refractivity contribution >= 4 is 35.1 Å². The highest BCUT2D eigenvalue weighted by Crippen LogP contribution is 2.24. The first-order valence-corrected chi connectivity index (χ1v) is 10.0. The van der Waals surface area contributed by atoms with Crippen molar-refractivity contribution in [3.63, 3.8) is 0 Å². The molecule has 2 heterocycles. The molecule has 0 amide bonds. The van der Waals surface area contributed by atoms with Gasteiger partial charge in [0.25, 0.3) is 0 Å². The number of carboxylic acids is 2. The number of hydrogen-bond donors (Lipinski definition) is 3. The zero-order valence-electron chi connectivity index (χ0n) is 16.1. The lowest BCUT2D eigenvalue weighted by Gasteiger charge is -2.28. The lowest BCUT2D eigenvalue weighted by molar-refractivity contribution is -0.159. The van der Waals surface area contributed by atoms with Gasteiger partial charge in [0.15, 0.2) is 0 Å². The van der Waals surface area contributed by atoms with Crippen molar-refractivity contribution in [2.45, 2.75) is 25.4 Å². The number of β-amino-alcohol motifs (C(OH)–C–C–N with tert-alkyl or cyclic N) is 1. The highest BCUT2D eigenvalue weighted by atomic mass is 35.5. The molecule has 30 heavy (non-hydrogen) atoms. The van der Waals surface area contributed by atoms with Gasteiger partial charge in [0.05, 0.1) is 15.7 Å². The number of aliphatic carboxylic acids is 2. The van der Waals surface area contributed by atoms with Crippen LogP contribution in [-0.4, -0.2) is 74.3 Å². The molecular weight excluding hydrogens is 437 g/mol. The first-order chi connectivity index (χ1) is 14.3. The van der Waals surface area contributed by atoms with Crippen LogP contribution in [0, 0.1) is 0 Å². The number of aromatic nitrogens is 2. The van der Waals surface area contributed by atoms with Crippen molar-refractivity contribution in [3.8, 4) is 11.6 Å². The summed E-state index contributed by atoms with van der Waals surface area (Å²) < 4.78 is 7.26. The average molecular weight is 460 g/mol. The standard InChI is InChI=1S/C17H21Cl2N3O2.C2H2O4/c18-15-5-4-13(10-16(15)19)22-9-6-17(20-22)24-12-14(23)11-21-7-2-1-3-8-21;3-1(4)2(5)6/h4-6,9-10,14,23H,1-3,7-8,11-12H2;(H,3,4)(H,5,6). The average Bonchev–Trinajstić information content (AvgIpc) is 3.19. The van der Waals surface area contributed by atoms with Crippen LogP contribution < -0.4 is 4.74 Å². The van der Waals surface area contributed by atoms with Crippen LogP contribution in [0.4, 0.5) is 0 Å². The molecule has 1 aliphatic heterocycles. The Hall–Kier alpha value is -2.33. The predicted molar refractivity (Wildman–Crippen MR) is 111 cm³/mol. The normalized spacial score (nSPS) is 15.0. The zero-order chi connectivity index (χ0) is 22.1. The number of piperidine rings is 1. The first-order valence-electron chi connectivity index (χ1n) is 9.27. The number of benzene rings is 1. The summed E-state index contributed by atoms with van der Waals surface area (Å²) in [6.07, 6.45) is 4.97. The highest BCUT2D eigenvalue weighted by molar-refractivity contribution is 6.42. The Labute approximate surface area is 183 Å². The van der Waals surface area contributed by atoms with Gasteiger partial charge in [-0.1, -0.05) is 29.6 Å². The van der Waals surface area contributed by atoms with E-state index in [2.05, 4.69) is 10.00 Å². The summed E-state index contributed by atoms with van der Waals surface area (Å²) in [5, 5.41) is 30.2. The Morgan fingerprint density at radius 2 is 1.73 bits per heavy atom. The molecule has 1 aromatic carbocycles. The molecule has 3 rings (SSSR count). The molecule has 1 unspecified atom stereocenters. The van der Waals surface area contributed by atoms with Gasteiger partial charge in [-0.25, -0.2) is 14.3 Å². The molecule has 0 radical (unpaired) electrons. The lowest BCUT2D eigenvalue weighted by Crippen LogP contribution is -2.38. The van der Waals surface area contributed by atoms with E-state index in [1.807, 2.05) is 6.07 Å². The Morgan fingerprint density at radius 1 is 1.07 bits per heavy atom. The molecular formula is C19H23Cl2N3O6. The Balaban J connectivity index is 0.000000469. The minimum Gasteiger partial charge on any atom is -0.474 e. The fraction of sp³-hybridized carbons (Fsp3) is 0.421. The molecule has 9 nitrogen and oxygen atoms in total. The number of hydrogen-bond acceptors (Lipinski definition) is 6. The third-order valence-electron chi connectivity index (χ3n) is 4.26. The molecule has 1 aromatic heterocycles. The molecule has 2 aromatic rings. The number of likely N-dealkylation sites (tertiary alicyclic amines) is 1. The van der Waals surface area contributed by atoms with E-state index in [4.69, 9.17) is 47.7 Å². The van der Waals surface area contributed by atoms with Crippen LogP contribution in [0.5, 0.6) is 5.88 Å². The minimum absolute atomic E-state index is 0.231. The summed E-state index contributed by atoms with van der Waals surface area (Å²) in [5.74, 6) is -3.18. The molecule has 11 heteroatoms. The van der Waals surface area contributed by atoms with Crippen molar-refractivity contribution < 1.29 is 29.6 Å². The lowest BCUT2D eigenvalue weighted by atomic mass is 10.1. The maximum Gasteiger partial charge on any atom is 0.414 e. The second-order valence-electron chi connectivity index (χ2n) is 6.63. The van der Waals surface area contributed by atoms with Crippen molar-refractivity contribution in [1.82, 2.24) is 14.7 Å². The molecule has 0 aliphatic carbocycles. The second-order valence-corrected chi connectivity index (χ2v) is 7.45. The summed E-state index contributed by atoms with van der Waals surface area (Å²) in [5.41, 5.74) is 0.799. The summed E-state index contributed by atoms with van der Waals surface area (Å²) in [6, 6.07) is 7.06. The monoisotopic (exact) mass is 459 g/mol. The van der Waals surface area contributed by atoms with E-state index >= 15 is 0 Å². The van der Waals surface area contributed by atoms with Crippen LogP contribution in [0.25, 0.3) is 5.69 Å². The Morgan fingerprint density at radius 3 is 2.33 bits per heavy atom. The molecule has 1 atom stereocenters. The first kappa shape index (κ1) is 23.9. The molecule has 0 saturated carbocycles. The van der Waals surface area contributed by atoms with Crippen molar-refractivity contribution in [2.24, 2.45) is 0 Å². The van der Waals surface area contributed by atoms with Crippen LogP contribution in [-0.2, 0) is 9.59 Å². The van der Waals surface area contributed by atoms with Crippen LogP contribution in [0.1, 0.15) is 19.3 Å². The predicted octanol–water partition coefficient (Wildman–Crippen LogP) is 2.56. The number of carbonyl (C=O) groups is 2. The SMILES string of the molecule is O=C(O)C(=O)O.OC(COc1ccn(-c2ccc(Cl)c(Cl)c2)n1)CN1CCCCC1. The number of halogens is 2. The van der Waals surface area contributed by atoms with Gasteiger partial charge >= 0.3 is 11.9 Å². The van der Waals surface area contributed by atoms with Crippen LogP contribution >= 0.6 is 23.2 Å². The maximum absolute atomic E-state index is 10.1. The number of nitrogens with zero attached hydrogens (tertiary/aromatic N) is 3. The molecule has 1 aliphatic rings. The number of aliphatic hydroxyl groups is 1. The molecule has 1 fully saturated rings. The smallest absolute Gasteiger partial charge is 0.414 e. The fourth-order valence-electron chi connectivity index (χ4n) is 2.83. The van der Waals surface area contributed by atoms with E-state index in [0.29, 0.717) is 22.5 Å². The Kier molecular flexibility index (Phi) is 9.38. The zero-order valence-corrected chi connectivity index (χ0v) is 17.6. The summed E-state index contributed by atoms with van der Waals surface area (Å²) in [7, 11) is 0.